The van der Waals surface area contributed by atoms with Crippen LogP contribution in [-0.4, -0.2) is 31.1 Å². The Balaban J connectivity index is 1.40. The number of carbonyl (C=O) groups excluding carboxylic acids is 2. The van der Waals surface area contributed by atoms with E-state index in [-0.39, 0.29) is 34.7 Å². The summed E-state index contributed by atoms with van der Waals surface area (Å²) in [5, 5.41) is 7.64. The number of hydrogen-bond acceptors (Lipinski definition) is 5. The molecule has 1 aromatic heterocycles. The Morgan fingerprint density at radius 3 is 2.59 bits per heavy atom. The van der Waals surface area contributed by atoms with Gasteiger partial charge < -0.3 is 10.6 Å². The maximum Gasteiger partial charge on any atom is 0.251 e. The Labute approximate surface area is 203 Å². The first kappa shape index (κ1) is 24.1. The highest BCUT2D eigenvalue weighted by Gasteiger charge is 2.29. The predicted octanol–water partition coefficient (Wildman–Crippen LogP) is 4.02. The van der Waals surface area contributed by atoms with Gasteiger partial charge in [0.2, 0.25) is 15.9 Å². The second-order valence-corrected chi connectivity index (χ2v) is 11.4. The summed E-state index contributed by atoms with van der Waals surface area (Å²) in [5.41, 5.74) is 2.89. The third-order valence-corrected chi connectivity index (χ3v) is 8.57. The van der Waals surface area contributed by atoms with Gasteiger partial charge in [0.1, 0.15) is 0 Å². The normalized spacial score (nSPS) is 14.0. The quantitative estimate of drug-likeness (QED) is 0.515. The topological polar surface area (TPSA) is 95.6 Å². The molecule has 7 nitrogen and oxygen atoms in total. The van der Waals surface area contributed by atoms with Crippen molar-refractivity contribution in [1.82, 2.24) is 9.62 Å². The number of hydrogen-bond donors (Lipinski definition) is 2. The summed E-state index contributed by atoms with van der Waals surface area (Å²) in [6.07, 6.45) is 0.701. The molecule has 4 rings (SSSR count). The maximum absolute atomic E-state index is 13.2. The average molecular weight is 498 g/mol. The summed E-state index contributed by atoms with van der Waals surface area (Å²) in [6.45, 7) is 4.71. The third kappa shape index (κ3) is 5.38. The molecule has 34 heavy (non-hydrogen) atoms. The lowest BCUT2D eigenvalue weighted by atomic mass is 10.1. The fourth-order valence-electron chi connectivity index (χ4n) is 3.65. The van der Waals surface area contributed by atoms with E-state index in [0.717, 1.165) is 11.1 Å². The summed E-state index contributed by atoms with van der Waals surface area (Å²) in [7, 11) is -3.70. The number of carbonyl (C=O) groups is 2. The van der Waals surface area contributed by atoms with Gasteiger partial charge in [0, 0.05) is 41.7 Å². The number of anilines is 1. The SMILES string of the molecule is CC(C)C(=O)Nc1ccc(CNC(=O)c2cccc(S(=O)(=O)N3CCc4sccc4C3)c2)cc1. The molecule has 0 unspecified atom stereocenters. The van der Waals surface area contributed by atoms with E-state index < -0.39 is 10.0 Å². The number of fused-ring (bicyclic) bond motifs is 1. The van der Waals surface area contributed by atoms with Gasteiger partial charge >= 0.3 is 0 Å². The van der Waals surface area contributed by atoms with Crippen molar-refractivity contribution in [1.29, 1.82) is 0 Å². The summed E-state index contributed by atoms with van der Waals surface area (Å²) >= 11 is 1.66. The minimum Gasteiger partial charge on any atom is -0.348 e. The van der Waals surface area contributed by atoms with Gasteiger partial charge in [-0.25, -0.2) is 8.42 Å². The largest absolute Gasteiger partial charge is 0.348 e. The molecule has 178 valence electrons. The van der Waals surface area contributed by atoms with Crippen LogP contribution in [0.25, 0.3) is 0 Å². The Morgan fingerprint density at radius 1 is 1.09 bits per heavy atom. The zero-order chi connectivity index (χ0) is 24.3. The number of nitrogens with zero attached hydrogens (tertiary/aromatic N) is 1. The molecule has 0 aliphatic carbocycles. The van der Waals surface area contributed by atoms with Gasteiger partial charge in [0.05, 0.1) is 4.90 Å². The standard InChI is InChI=1S/C25H27N3O4S2/c1-17(2)24(29)27-21-8-6-18(7-9-21)15-26-25(30)19-4-3-5-22(14-19)34(31,32)28-12-10-23-20(16-28)11-13-33-23/h3-9,11,13-14,17H,10,12,15-16H2,1-2H3,(H,26,30)(H,27,29). The average Bonchev–Trinajstić information content (AvgIpc) is 3.31. The molecule has 0 saturated heterocycles. The first-order chi connectivity index (χ1) is 16.2. The highest BCUT2D eigenvalue weighted by Crippen LogP contribution is 2.28. The van der Waals surface area contributed by atoms with Crippen LogP contribution in [0, 0.1) is 5.92 Å². The molecule has 2 aromatic carbocycles. The second-order valence-electron chi connectivity index (χ2n) is 8.51. The van der Waals surface area contributed by atoms with Crippen molar-refractivity contribution in [2.24, 2.45) is 5.92 Å². The van der Waals surface area contributed by atoms with Gasteiger partial charge in [-0.05, 0) is 59.3 Å². The Kier molecular flexibility index (Phi) is 7.16. The molecule has 1 aliphatic rings. The van der Waals surface area contributed by atoms with Crippen molar-refractivity contribution in [3.05, 3.63) is 81.5 Å². The van der Waals surface area contributed by atoms with Gasteiger partial charge in [0.25, 0.3) is 5.91 Å². The second kappa shape index (κ2) is 10.1. The van der Waals surface area contributed by atoms with E-state index >= 15 is 0 Å². The van der Waals surface area contributed by atoms with Crippen LogP contribution in [0.1, 0.15) is 40.2 Å². The molecule has 1 aliphatic heterocycles. The number of sulfonamides is 1. The van der Waals surface area contributed by atoms with Gasteiger partial charge in [0.15, 0.2) is 0 Å². The Hall–Kier alpha value is -3.01. The minimum absolute atomic E-state index is 0.0591. The number of nitrogens with one attached hydrogen (secondary N) is 2. The molecule has 0 fully saturated rings. The van der Waals surface area contributed by atoms with Gasteiger partial charge in [-0.15, -0.1) is 11.3 Å². The summed E-state index contributed by atoms with van der Waals surface area (Å²) < 4.78 is 27.9. The zero-order valence-electron chi connectivity index (χ0n) is 19.1. The third-order valence-electron chi connectivity index (χ3n) is 5.71. The lowest BCUT2D eigenvalue weighted by molar-refractivity contribution is -0.118. The van der Waals surface area contributed by atoms with Crippen molar-refractivity contribution in [3.8, 4) is 0 Å². The van der Waals surface area contributed by atoms with Crippen LogP contribution in [0.3, 0.4) is 0 Å². The van der Waals surface area contributed by atoms with E-state index in [1.54, 1.807) is 35.6 Å². The van der Waals surface area contributed by atoms with Crippen molar-refractivity contribution in [2.75, 3.05) is 11.9 Å². The zero-order valence-corrected chi connectivity index (χ0v) is 20.7. The molecule has 2 heterocycles. The molecule has 0 saturated carbocycles. The minimum atomic E-state index is -3.70. The molecular weight excluding hydrogens is 470 g/mol. The molecule has 0 bridgehead atoms. The van der Waals surface area contributed by atoms with E-state index in [1.165, 1.54) is 21.3 Å². The first-order valence-electron chi connectivity index (χ1n) is 11.1. The molecule has 3 aromatic rings. The fraction of sp³-hybridized carbons (Fsp3) is 0.280. The van der Waals surface area contributed by atoms with Crippen molar-refractivity contribution >= 4 is 38.9 Å². The van der Waals surface area contributed by atoms with Crippen LogP contribution >= 0.6 is 11.3 Å². The van der Waals surface area contributed by atoms with E-state index in [2.05, 4.69) is 10.6 Å². The molecule has 2 amide bonds. The molecule has 9 heteroatoms. The number of thiophene rings is 1. The predicted molar refractivity (Wildman–Crippen MR) is 133 cm³/mol. The van der Waals surface area contributed by atoms with Gasteiger partial charge in [-0.3, -0.25) is 9.59 Å². The lowest BCUT2D eigenvalue weighted by Crippen LogP contribution is -2.35. The number of rotatable bonds is 7. The maximum atomic E-state index is 13.2. The summed E-state index contributed by atoms with van der Waals surface area (Å²) in [4.78, 5) is 25.9. The van der Waals surface area contributed by atoms with E-state index in [0.29, 0.717) is 25.2 Å². The smallest absolute Gasteiger partial charge is 0.251 e. The Morgan fingerprint density at radius 2 is 1.85 bits per heavy atom. The number of amides is 2. The molecule has 0 atom stereocenters. The van der Waals surface area contributed by atoms with Crippen LogP contribution in [0.4, 0.5) is 5.69 Å². The lowest BCUT2D eigenvalue weighted by Gasteiger charge is -2.26. The highest BCUT2D eigenvalue weighted by molar-refractivity contribution is 7.89. The summed E-state index contributed by atoms with van der Waals surface area (Å²) in [5.74, 6) is -0.522. The van der Waals surface area contributed by atoms with Gasteiger partial charge in [-0.1, -0.05) is 32.0 Å². The van der Waals surface area contributed by atoms with Crippen molar-refractivity contribution < 1.29 is 18.0 Å². The van der Waals surface area contributed by atoms with Crippen molar-refractivity contribution in [3.63, 3.8) is 0 Å². The van der Waals surface area contributed by atoms with Crippen LogP contribution < -0.4 is 10.6 Å². The Bertz CT molecular complexity index is 1300. The monoisotopic (exact) mass is 497 g/mol. The van der Waals surface area contributed by atoms with Gasteiger partial charge in [-0.2, -0.15) is 4.31 Å². The van der Waals surface area contributed by atoms with Crippen LogP contribution in [0.2, 0.25) is 0 Å². The highest BCUT2D eigenvalue weighted by atomic mass is 32.2. The first-order valence-corrected chi connectivity index (χ1v) is 13.4. The van der Waals surface area contributed by atoms with Crippen LogP contribution in [-0.2, 0) is 34.3 Å². The van der Waals surface area contributed by atoms with Crippen LogP contribution in [0.15, 0.2) is 64.9 Å². The fourth-order valence-corrected chi connectivity index (χ4v) is 6.01. The van der Waals surface area contributed by atoms with E-state index in [9.17, 15) is 18.0 Å². The van der Waals surface area contributed by atoms with Crippen molar-refractivity contribution in [2.45, 2.75) is 38.3 Å². The molecule has 2 N–H and O–H groups in total. The van der Waals surface area contributed by atoms with E-state index in [1.807, 2.05) is 37.4 Å². The molecule has 0 spiro atoms. The molecular formula is C25H27N3O4S2. The summed E-state index contributed by atoms with van der Waals surface area (Å²) in [6, 6.07) is 15.3. The molecule has 0 radical (unpaired) electrons. The van der Waals surface area contributed by atoms with Crippen LogP contribution in [0.5, 0.6) is 0 Å². The number of benzene rings is 2. The van der Waals surface area contributed by atoms with E-state index in [4.69, 9.17) is 0 Å².